The maximum atomic E-state index is 14.2. The minimum atomic E-state index is -1.80. The van der Waals surface area contributed by atoms with Crippen molar-refractivity contribution in [1.29, 1.82) is 0 Å². The number of nitrogens with zero attached hydrogens (tertiary/aromatic N) is 1. The Bertz CT molecular complexity index is 1130. The molecule has 0 bridgehead atoms. The van der Waals surface area contributed by atoms with Crippen LogP contribution in [0.5, 0.6) is 0 Å². The second kappa shape index (κ2) is 16.0. The summed E-state index contributed by atoms with van der Waals surface area (Å²) in [7, 11) is 1.54. The first kappa shape index (κ1) is 41.0. The molecule has 3 N–H and O–H groups in total. The molecule has 2 saturated heterocycles. The Kier molecular flexibility index (Phi) is 14.3. The zero-order valence-electron chi connectivity index (χ0n) is 29.5. The van der Waals surface area contributed by atoms with E-state index in [4.69, 9.17) is 23.7 Å². The second-order valence-corrected chi connectivity index (χ2v) is 16.0. The summed E-state index contributed by atoms with van der Waals surface area (Å²) in [6, 6.07) is 0. The van der Waals surface area contributed by atoms with Crippen molar-refractivity contribution < 1.29 is 63.7 Å². The Morgan fingerprint density at radius 2 is 1.74 bits per heavy atom. The molecule has 266 valence electrons. The summed E-state index contributed by atoms with van der Waals surface area (Å²) < 4.78 is 41.2. The van der Waals surface area contributed by atoms with E-state index in [0.29, 0.717) is 12.1 Å². The minimum absolute atomic E-state index is 0.0469. The summed E-state index contributed by atoms with van der Waals surface area (Å²) in [4.78, 5) is 14.2. The van der Waals surface area contributed by atoms with Gasteiger partial charge in [0.25, 0.3) is 0 Å². The predicted molar refractivity (Wildman–Crippen MR) is 172 cm³/mol. The van der Waals surface area contributed by atoms with Crippen molar-refractivity contribution in [2.75, 3.05) is 14.0 Å². The summed E-state index contributed by atoms with van der Waals surface area (Å²) in [5, 5.41) is 35.3. The standard InChI is InChI=1S/C35H58FINO8/c1-14-26-32(9,10)29(39)22(6)28(38-37-44-19-36)20(4)17-35(42,16-3)33(11,15-2)23(7)27(21(5)31(41)46-26)25-18-34(12,43-13)30(40)24(8)45-25/h3,15,20-27,29-30,39-40,42H,2,14,17-19H2,1,4-13H3/q-1/b38-28+/t20-,21-,22+,23+,24+,25?,26-,27-,29-,30+,33+,34-,35-/m1/s1. The van der Waals surface area contributed by atoms with Crippen molar-refractivity contribution in [2.45, 2.75) is 130 Å². The van der Waals surface area contributed by atoms with Crippen LogP contribution in [-0.4, -0.2) is 82.7 Å². The Balaban J connectivity index is 2.88. The van der Waals surface area contributed by atoms with Gasteiger partial charge in [0.15, 0.2) is 0 Å². The van der Waals surface area contributed by atoms with Gasteiger partial charge in [0, 0.05) is 7.11 Å². The second-order valence-electron chi connectivity index (χ2n) is 14.5. The number of aliphatic hydroxyl groups is 3. The molecule has 0 radical (unpaired) electrons. The number of methoxy groups -OCH3 is 1. The number of ether oxygens (including phenoxy) is 3. The average Bonchev–Trinajstić information content (AvgIpc) is 3.02. The Hall–Kier alpha value is -1.14. The van der Waals surface area contributed by atoms with E-state index in [9.17, 15) is 24.5 Å². The molecule has 0 aliphatic carbocycles. The van der Waals surface area contributed by atoms with Crippen LogP contribution in [0.3, 0.4) is 0 Å². The van der Waals surface area contributed by atoms with E-state index in [0.717, 1.165) is 0 Å². The number of halogens is 2. The van der Waals surface area contributed by atoms with Crippen molar-refractivity contribution in [1.82, 2.24) is 0 Å². The summed E-state index contributed by atoms with van der Waals surface area (Å²) >= 11 is -1.39. The van der Waals surface area contributed by atoms with Gasteiger partial charge in [0.2, 0.25) is 0 Å². The van der Waals surface area contributed by atoms with Gasteiger partial charge in [-0.2, -0.15) is 0 Å². The first-order chi connectivity index (χ1) is 21.3. The summed E-state index contributed by atoms with van der Waals surface area (Å²) in [6.07, 6.45) is 4.79. The zero-order chi connectivity index (χ0) is 35.4. The van der Waals surface area contributed by atoms with E-state index in [1.54, 1.807) is 27.0 Å². The van der Waals surface area contributed by atoms with Crippen molar-refractivity contribution in [3.05, 3.63) is 12.7 Å². The monoisotopic (exact) mass is 766 g/mol. The summed E-state index contributed by atoms with van der Waals surface area (Å²) in [6.45, 7) is 21.6. The van der Waals surface area contributed by atoms with Gasteiger partial charge < -0.3 is 5.11 Å². The Morgan fingerprint density at radius 1 is 1.13 bits per heavy atom. The van der Waals surface area contributed by atoms with Gasteiger partial charge in [0.1, 0.15) is 0 Å². The van der Waals surface area contributed by atoms with Crippen LogP contribution in [-0.2, 0) is 22.1 Å². The molecular formula is C35H58FINO8-. The van der Waals surface area contributed by atoms with Gasteiger partial charge >= 0.3 is 276 Å². The van der Waals surface area contributed by atoms with Crippen LogP contribution in [0, 0.1) is 52.8 Å². The van der Waals surface area contributed by atoms with Gasteiger partial charge in [0.05, 0.1) is 0 Å². The molecule has 0 aromatic carbocycles. The molecule has 0 aromatic heterocycles. The number of hydrogen-bond donors (Lipinski definition) is 3. The molecule has 2 aliphatic heterocycles. The normalized spacial score (nSPS) is 45.4. The molecule has 0 spiro atoms. The van der Waals surface area contributed by atoms with E-state index in [1.807, 2.05) is 55.4 Å². The molecule has 11 heteroatoms. The molecular weight excluding hydrogens is 708 g/mol. The predicted octanol–water partition coefficient (Wildman–Crippen LogP) is 2.06. The number of aliphatic hydroxyl groups excluding tert-OH is 2. The van der Waals surface area contributed by atoms with Gasteiger partial charge in [-0.25, -0.2) is 0 Å². The molecule has 9 nitrogen and oxygen atoms in total. The number of alkyl halides is 1. The molecule has 0 amide bonds. The molecule has 1 unspecified atom stereocenters. The maximum absolute atomic E-state index is 14.2. The molecule has 13 atom stereocenters. The SMILES string of the molecule is C#C[C@@]1(O)C[C@@H](C)/C(=N\[I-]OCF)[C@H](C)[C@@H](O)C(C)(C)[C@@H](CC)OC(=O)[C@H](C)[C@@H](C2C[C@@](C)(OC)[C@@H](O)[C@H](C)O2)[C@H](C)[C@]1(C)C=C. The summed E-state index contributed by atoms with van der Waals surface area (Å²) in [5.41, 5.74) is -4.30. The zero-order valence-corrected chi connectivity index (χ0v) is 31.7. The molecule has 2 heterocycles. The third-order valence-electron chi connectivity index (χ3n) is 11.5. The van der Waals surface area contributed by atoms with Crippen LogP contribution < -0.4 is 21.9 Å². The summed E-state index contributed by atoms with van der Waals surface area (Å²) in [5.74, 6) is -0.637. The number of esters is 1. The van der Waals surface area contributed by atoms with E-state index >= 15 is 0 Å². The third kappa shape index (κ3) is 7.84. The number of rotatable bonds is 7. The molecule has 46 heavy (non-hydrogen) atoms. The molecule has 0 saturated carbocycles. The average molecular weight is 767 g/mol. The molecule has 0 aromatic rings. The van der Waals surface area contributed by atoms with Crippen LogP contribution in [0.2, 0.25) is 0 Å². The van der Waals surface area contributed by atoms with Crippen LogP contribution >= 0.6 is 0 Å². The molecule has 2 aliphatic rings. The topological polar surface area (TPSA) is 127 Å². The van der Waals surface area contributed by atoms with Crippen LogP contribution in [0.15, 0.2) is 15.9 Å². The fourth-order valence-electron chi connectivity index (χ4n) is 7.89. The van der Waals surface area contributed by atoms with Gasteiger partial charge in [-0.1, -0.05) is 0 Å². The molecule has 2 rings (SSSR count). The fourth-order valence-corrected chi connectivity index (χ4v) is 9.28. The first-order valence-corrected chi connectivity index (χ1v) is 18.1. The van der Waals surface area contributed by atoms with Crippen molar-refractivity contribution in [3.63, 3.8) is 0 Å². The quantitative estimate of drug-likeness (QED) is 0.118. The Labute approximate surface area is 287 Å². The van der Waals surface area contributed by atoms with Crippen molar-refractivity contribution in [2.24, 2.45) is 43.6 Å². The van der Waals surface area contributed by atoms with E-state index in [1.165, 1.54) is 0 Å². The van der Waals surface area contributed by atoms with Crippen LogP contribution in [0.25, 0.3) is 0 Å². The van der Waals surface area contributed by atoms with Crippen molar-refractivity contribution in [3.8, 4) is 12.3 Å². The van der Waals surface area contributed by atoms with Crippen molar-refractivity contribution >= 4 is 11.7 Å². The Morgan fingerprint density at radius 3 is 2.24 bits per heavy atom. The van der Waals surface area contributed by atoms with E-state index < -0.39 is 117 Å². The first-order valence-electron chi connectivity index (χ1n) is 16.3. The van der Waals surface area contributed by atoms with Crippen LogP contribution in [0.1, 0.15) is 88.5 Å². The number of terminal acetylenes is 1. The van der Waals surface area contributed by atoms with E-state index in [-0.39, 0.29) is 12.8 Å². The fraction of sp³-hybridized carbons (Fsp3) is 0.829. The number of cyclic esters (lactones) is 1. The van der Waals surface area contributed by atoms with Gasteiger partial charge in [-0.3, -0.25) is 0 Å². The number of carbonyl (C=O) groups excluding carboxylic acids is 1. The van der Waals surface area contributed by atoms with Crippen LogP contribution in [0.4, 0.5) is 4.39 Å². The molecule has 2 fully saturated rings. The number of carbonyl (C=O) groups is 1. The van der Waals surface area contributed by atoms with E-state index in [2.05, 4.69) is 15.7 Å². The third-order valence-corrected chi connectivity index (χ3v) is 12.7. The van der Waals surface area contributed by atoms with Gasteiger partial charge in [-0.15, -0.1) is 0 Å². The number of hydrogen-bond acceptors (Lipinski definition) is 9. The van der Waals surface area contributed by atoms with Gasteiger partial charge in [-0.05, 0) is 0 Å².